The van der Waals surface area contributed by atoms with Gasteiger partial charge in [-0.05, 0) is 44.0 Å². The summed E-state index contributed by atoms with van der Waals surface area (Å²) in [7, 11) is 0. The van der Waals surface area contributed by atoms with Gasteiger partial charge in [0.05, 0.1) is 0 Å². The van der Waals surface area contributed by atoms with Gasteiger partial charge in [0.25, 0.3) is 0 Å². The van der Waals surface area contributed by atoms with E-state index in [4.69, 9.17) is 5.11 Å². The van der Waals surface area contributed by atoms with Crippen LogP contribution in [0.1, 0.15) is 41.7 Å². The molecule has 1 aliphatic heterocycles. The van der Waals surface area contributed by atoms with E-state index in [-0.39, 0.29) is 24.6 Å². The van der Waals surface area contributed by atoms with Crippen molar-refractivity contribution in [2.24, 2.45) is 0 Å². The van der Waals surface area contributed by atoms with Crippen LogP contribution in [0.2, 0.25) is 0 Å². The molecule has 0 aliphatic carbocycles. The summed E-state index contributed by atoms with van der Waals surface area (Å²) in [6.07, 6.45) is 7.94. The second-order valence-electron chi connectivity index (χ2n) is 4.86. The molecular weight excluding hydrogens is 235 g/mol. The molecule has 0 aromatic carbocycles. The van der Waals surface area contributed by atoms with Crippen molar-refractivity contribution in [2.45, 2.75) is 32.1 Å². The van der Waals surface area contributed by atoms with Crippen LogP contribution in [0.4, 0.5) is 0 Å². The first-order chi connectivity index (χ1) is 8.75. The summed E-state index contributed by atoms with van der Waals surface area (Å²) in [6, 6.07) is 3.45. The number of aromatic nitrogens is 1. The van der Waals surface area contributed by atoms with Gasteiger partial charge in [0.2, 0.25) is 0 Å². The Morgan fingerprint density at radius 1 is 1.21 bits per heavy atom. The molecule has 2 rings (SSSR count). The van der Waals surface area contributed by atoms with Crippen LogP contribution in [0.15, 0.2) is 18.3 Å². The standard InChI is InChI=1S/C14H20N2O2.Li.H/c17-14(18)13-6-5-12(11-15-13)7-10-16-8-3-1-2-4-9-16;;/h5-6,11H,1-4,7-10H2,(H,17,18);;. The average Bonchev–Trinajstić information content (AvgIpc) is 2.65. The van der Waals surface area contributed by atoms with E-state index >= 15 is 0 Å². The number of hydrogen-bond donors (Lipinski definition) is 1. The minimum atomic E-state index is -0.964. The first kappa shape index (κ1) is 16.2. The van der Waals surface area contributed by atoms with Crippen LogP contribution >= 0.6 is 0 Å². The van der Waals surface area contributed by atoms with Crippen molar-refractivity contribution in [3.05, 3.63) is 29.6 Å². The quantitative estimate of drug-likeness (QED) is 0.830. The summed E-state index contributed by atoms with van der Waals surface area (Å²) in [6.45, 7) is 3.44. The number of nitrogens with zero attached hydrogens (tertiary/aromatic N) is 2. The molecular formula is C14H21LiN2O2. The molecule has 5 heteroatoms. The maximum absolute atomic E-state index is 10.7. The van der Waals surface area contributed by atoms with E-state index < -0.39 is 5.97 Å². The van der Waals surface area contributed by atoms with Gasteiger partial charge >= 0.3 is 24.8 Å². The van der Waals surface area contributed by atoms with Crippen molar-refractivity contribution < 1.29 is 9.90 Å². The van der Waals surface area contributed by atoms with Crippen molar-refractivity contribution in [3.63, 3.8) is 0 Å². The third kappa shape index (κ3) is 5.36. The average molecular weight is 256 g/mol. The van der Waals surface area contributed by atoms with Crippen molar-refractivity contribution in [1.29, 1.82) is 0 Å². The number of likely N-dealkylation sites (tertiary alicyclic amines) is 1. The van der Waals surface area contributed by atoms with Crippen molar-refractivity contribution >= 4 is 24.8 Å². The van der Waals surface area contributed by atoms with E-state index in [2.05, 4.69) is 9.88 Å². The van der Waals surface area contributed by atoms with Gasteiger partial charge in [-0.2, -0.15) is 0 Å². The molecule has 0 saturated carbocycles. The molecule has 4 nitrogen and oxygen atoms in total. The summed E-state index contributed by atoms with van der Waals surface area (Å²) >= 11 is 0. The molecule has 0 atom stereocenters. The van der Waals surface area contributed by atoms with Gasteiger partial charge in [-0.3, -0.25) is 0 Å². The molecule has 1 aromatic rings. The van der Waals surface area contributed by atoms with Gasteiger partial charge in [0, 0.05) is 12.7 Å². The topological polar surface area (TPSA) is 53.4 Å². The first-order valence-corrected chi connectivity index (χ1v) is 6.66. The fourth-order valence-corrected chi connectivity index (χ4v) is 2.35. The van der Waals surface area contributed by atoms with Gasteiger partial charge in [-0.15, -0.1) is 0 Å². The minimum absolute atomic E-state index is 0. The number of carboxylic acid groups (broad SMARTS) is 1. The fraction of sp³-hybridized carbons (Fsp3) is 0.571. The molecule has 1 N–H and O–H groups in total. The molecule has 2 heterocycles. The zero-order chi connectivity index (χ0) is 12.8. The third-order valence-electron chi connectivity index (χ3n) is 3.46. The number of carbonyl (C=O) groups is 1. The summed E-state index contributed by atoms with van der Waals surface area (Å²) in [5, 5.41) is 8.77. The number of aromatic carboxylic acids is 1. The molecule has 0 spiro atoms. The number of rotatable bonds is 4. The van der Waals surface area contributed by atoms with Crippen molar-refractivity contribution in [2.75, 3.05) is 19.6 Å². The second-order valence-corrected chi connectivity index (χ2v) is 4.86. The number of carboxylic acids is 1. The van der Waals surface area contributed by atoms with E-state index in [1.54, 1.807) is 12.3 Å². The van der Waals surface area contributed by atoms with Crippen molar-refractivity contribution in [1.82, 2.24) is 9.88 Å². The Hall–Kier alpha value is -0.823. The van der Waals surface area contributed by atoms with Crippen LogP contribution in [0, 0.1) is 0 Å². The molecule has 0 amide bonds. The van der Waals surface area contributed by atoms with E-state index in [0.29, 0.717) is 0 Å². The third-order valence-corrected chi connectivity index (χ3v) is 3.46. The van der Waals surface area contributed by atoms with Gasteiger partial charge in [-0.25, -0.2) is 9.78 Å². The summed E-state index contributed by atoms with van der Waals surface area (Å²) in [4.78, 5) is 17.1. The zero-order valence-corrected chi connectivity index (χ0v) is 10.6. The van der Waals surface area contributed by atoms with E-state index in [0.717, 1.165) is 18.5 Å². The molecule has 0 bridgehead atoms. The van der Waals surface area contributed by atoms with Crippen molar-refractivity contribution in [3.8, 4) is 0 Å². The predicted molar refractivity (Wildman–Crippen MR) is 77.0 cm³/mol. The Labute approximate surface area is 126 Å². The molecule has 1 aromatic heterocycles. The Morgan fingerprint density at radius 2 is 1.89 bits per heavy atom. The zero-order valence-electron chi connectivity index (χ0n) is 10.6. The molecule has 100 valence electrons. The molecule has 1 fully saturated rings. The molecule has 1 aliphatic rings. The summed E-state index contributed by atoms with van der Waals surface area (Å²) < 4.78 is 0. The van der Waals surface area contributed by atoms with E-state index in [9.17, 15) is 4.79 Å². The Morgan fingerprint density at radius 3 is 2.42 bits per heavy atom. The summed E-state index contributed by atoms with van der Waals surface area (Å²) in [5.41, 5.74) is 1.23. The fourth-order valence-electron chi connectivity index (χ4n) is 2.35. The van der Waals surface area contributed by atoms with Crippen LogP contribution < -0.4 is 0 Å². The van der Waals surface area contributed by atoms with Crippen LogP contribution in [0.3, 0.4) is 0 Å². The monoisotopic (exact) mass is 256 g/mol. The first-order valence-electron chi connectivity index (χ1n) is 6.66. The van der Waals surface area contributed by atoms with Gasteiger partial charge in [0.15, 0.2) is 0 Å². The van der Waals surface area contributed by atoms with E-state index in [1.165, 1.54) is 38.8 Å². The van der Waals surface area contributed by atoms with Gasteiger partial charge < -0.3 is 10.0 Å². The Bertz CT molecular complexity index is 387. The second kappa shape index (κ2) is 8.37. The molecule has 0 unspecified atom stereocenters. The number of pyridine rings is 1. The normalized spacial score (nSPS) is 16.4. The van der Waals surface area contributed by atoms with Gasteiger partial charge in [-0.1, -0.05) is 18.9 Å². The Kier molecular flexibility index (Phi) is 7.15. The van der Waals surface area contributed by atoms with Crippen LogP contribution in [-0.4, -0.2) is 59.5 Å². The Balaban J connectivity index is 0.00000180. The molecule has 0 radical (unpaired) electrons. The maximum atomic E-state index is 10.7. The van der Waals surface area contributed by atoms with Crippen LogP contribution in [-0.2, 0) is 6.42 Å². The molecule has 1 saturated heterocycles. The van der Waals surface area contributed by atoms with Crippen LogP contribution in [0.25, 0.3) is 0 Å². The predicted octanol–water partition coefficient (Wildman–Crippen LogP) is 1.55. The number of hydrogen-bond acceptors (Lipinski definition) is 3. The summed E-state index contributed by atoms with van der Waals surface area (Å²) in [5.74, 6) is -0.964. The van der Waals surface area contributed by atoms with Gasteiger partial charge in [0.1, 0.15) is 5.69 Å². The van der Waals surface area contributed by atoms with Crippen LogP contribution in [0.5, 0.6) is 0 Å². The molecule has 19 heavy (non-hydrogen) atoms. The van der Waals surface area contributed by atoms with E-state index in [1.807, 2.05) is 6.07 Å². The SMILES string of the molecule is O=C(O)c1ccc(CCN2CCCCCC2)cn1.[LiH].